The molecule has 24 heavy (non-hydrogen) atoms. The van der Waals surface area contributed by atoms with Gasteiger partial charge in [-0.15, -0.1) is 0 Å². The van der Waals surface area contributed by atoms with Crippen LogP contribution in [-0.4, -0.2) is 16.7 Å². The number of hydrogen-bond acceptors (Lipinski definition) is 4. The van der Waals surface area contributed by atoms with E-state index in [1.165, 1.54) is 18.2 Å². The Balaban J connectivity index is 2.09. The molecule has 6 heteroatoms. The summed E-state index contributed by atoms with van der Waals surface area (Å²) in [6.45, 7) is 7.70. The summed E-state index contributed by atoms with van der Waals surface area (Å²) in [5, 5.41) is 5.71. The molecule has 0 unspecified atom stereocenters. The minimum atomic E-state index is -0.608. The Labute approximate surface area is 141 Å². The summed E-state index contributed by atoms with van der Waals surface area (Å²) < 4.78 is 18.8. The zero-order chi connectivity index (χ0) is 17.7. The summed E-state index contributed by atoms with van der Waals surface area (Å²) in [7, 11) is 0. The molecule has 0 radical (unpaired) electrons. The second-order valence-electron chi connectivity index (χ2n) is 6.50. The van der Waals surface area contributed by atoms with Gasteiger partial charge in [-0.1, -0.05) is 6.07 Å². The van der Waals surface area contributed by atoms with Gasteiger partial charge in [0, 0.05) is 6.20 Å². The molecule has 2 N–H and O–H groups in total. The van der Waals surface area contributed by atoms with Crippen molar-refractivity contribution in [3.63, 3.8) is 0 Å². The van der Waals surface area contributed by atoms with Crippen molar-refractivity contribution >= 4 is 17.5 Å². The number of ether oxygens (including phenoxy) is 1. The molecule has 128 valence electrons. The summed E-state index contributed by atoms with van der Waals surface area (Å²) in [5.74, 6) is -0.399. The molecule has 1 amide bonds. The lowest BCUT2D eigenvalue weighted by Gasteiger charge is -2.20. The normalized spacial score (nSPS) is 11.0. The SMILES string of the molecule is Cc1ccc(CNc2cc(F)ccc2NC(=O)OC(C)(C)C)nc1. The van der Waals surface area contributed by atoms with Crippen LogP contribution in [0.4, 0.5) is 20.6 Å². The Kier molecular flexibility index (Phi) is 5.39. The Morgan fingerprint density at radius 1 is 1.21 bits per heavy atom. The smallest absolute Gasteiger partial charge is 0.412 e. The number of benzene rings is 1. The van der Waals surface area contributed by atoms with Crippen LogP contribution in [-0.2, 0) is 11.3 Å². The molecule has 0 aliphatic rings. The van der Waals surface area contributed by atoms with Gasteiger partial charge in [-0.3, -0.25) is 10.3 Å². The number of rotatable bonds is 4. The minimum absolute atomic E-state index is 0.399. The molecule has 2 rings (SSSR count). The van der Waals surface area contributed by atoms with Gasteiger partial charge in [-0.2, -0.15) is 0 Å². The van der Waals surface area contributed by atoms with Crippen molar-refractivity contribution in [2.24, 2.45) is 0 Å². The Bertz CT molecular complexity index is 709. The zero-order valence-electron chi connectivity index (χ0n) is 14.3. The lowest BCUT2D eigenvalue weighted by atomic mass is 10.2. The van der Waals surface area contributed by atoms with Crippen molar-refractivity contribution in [1.82, 2.24) is 4.98 Å². The van der Waals surface area contributed by atoms with Gasteiger partial charge in [-0.25, -0.2) is 9.18 Å². The van der Waals surface area contributed by atoms with E-state index in [-0.39, 0.29) is 0 Å². The van der Waals surface area contributed by atoms with Gasteiger partial charge >= 0.3 is 6.09 Å². The second kappa shape index (κ2) is 7.29. The fourth-order valence-corrected chi connectivity index (χ4v) is 1.97. The van der Waals surface area contributed by atoms with E-state index in [9.17, 15) is 9.18 Å². The van der Waals surface area contributed by atoms with Gasteiger partial charge in [0.2, 0.25) is 0 Å². The van der Waals surface area contributed by atoms with Crippen LogP contribution in [0.25, 0.3) is 0 Å². The highest BCUT2D eigenvalue weighted by atomic mass is 19.1. The van der Waals surface area contributed by atoms with Gasteiger partial charge in [0.1, 0.15) is 11.4 Å². The van der Waals surface area contributed by atoms with E-state index < -0.39 is 17.5 Å². The van der Waals surface area contributed by atoms with Crippen molar-refractivity contribution in [1.29, 1.82) is 0 Å². The third-order valence-corrected chi connectivity index (χ3v) is 3.05. The van der Waals surface area contributed by atoms with Gasteiger partial charge in [0.15, 0.2) is 0 Å². The van der Waals surface area contributed by atoms with Gasteiger partial charge in [0.25, 0.3) is 0 Å². The maximum Gasteiger partial charge on any atom is 0.412 e. The first kappa shape index (κ1) is 17.7. The maximum atomic E-state index is 13.5. The van der Waals surface area contributed by atoms with Crippen LogP contribution >= 0.6 is 0 Å². The van der Waals surface area contributed by atoms with E-state index in [1.807, 2.05) is 19.1 Å². The molecule has 0 bridgehead atoms. The molecular weight excluding hydrogens is 309 g/mol. The zero-order valence-corrected chi connectivity index (χ0v) is 14.3. The van der Waals surface area contributed by atoms with Crippen LogP contribution in [0.3, 0.4) is 0 Å². The average Bonchev–Trinajstić information content (AvgIpc) is 2.47. The minimum Gasteiger partial charge on any atom is -0.444 e. The summed E-state index contributed by atoms with van der Waals surface area (Å²) in [6, 6.07) is 7.94. The van der Waals surface area contributed by atoms with E-state index >= 15 is 0 Å². The molecular formula is C18H22FN3O2. The summed E-state index contributed by atoms with van der Waals surface area (Å²) in [5.41, 5.74) is 2.18. The number of hydrogen-bond donors (Lipinski definition) is 2. The highest BCUT2D eigenvalue weighted by Crippen LogP contribution is 2.24. The van der Waals surface area contributed by atoms with E-state index in [4.69, 9.17) is 4.74 Å². The molecule has 0 saturated carbocycles. The number of nitrogens with one attached hydrogen (secondary N) is 2. The predicted molar refractivity (Wildman–Crippen MR) is 92.6 cm³/mol. The van der Waals surface area contributed by atoms with Crippen molar-refractivity contribution < 1.29 is 13.9 Å². The summed E-state index contributed by atoms with van der Waals surface area (Å²) in [6.07, 6.45) is 1.17. The molecule has 0 fully saturated rings. The number of nitrogens with zero attached hydrogens (tertiary/aromatic N) is 1. The highest BCUT2D eigenvalue weighted by molar-refractivity contribution is 5.89. The van der Waals surface area contributed by atoms with Crippen molar-refractivity contribution in [2.45, 2.75) is 39.8 Å². The Morgan fingerprint density at radius 2 is 1.96 bits per heavy atom. The second-order valence-corrected chi connectivity index (χ2v) is 6.50. The fourth-order valence-electron chi connectivity index (χ4n) is 1.97. The van der Waals surface area contributed by atoms with Crippen LogP contribution in [0, 0.1) is 12.7 Å². The highest BCUT2D eigenvalue weighted by Gasteiger charge is 2.17. The number of aromatic nitrogens is 1. The molecule has 1 aromatic carbocycles. The van der Waals surface area contributed by atoms with Gasteiger partial charge in [-0.05, 0) is 57.5 Å². The van der Waals surface area contributed by atoms with E-state index in [1.54, 1.807) is 27.0 Å². The first-order chi connectivity index (χ1) is 11.2. The topological polar surface area (TPSA) is 63.2 Å². The molecule has 1 aromatic heterocycles. The fraction of sp³-hybridized carbons (Fsp3) is 0.333. The number of aryl methyl sites for hydroxylation is 1. The number of anilines is 2. The lowest BCUT2D eigenvalue weighted by Crippen LogP contribution is -2.27. The third kappa shape index (κ3) is 5.53. The lowest BCUT2D eigenvalue weighted by molar-refractivity contribution is 0.0636. The molecule has 0 atom stereocenters. The van der Waals surface area contributed by atoms with Crippen LogP contribution in [0.2, 0.25) is 0 Å². The molecule has 1 heterocycles. The van der Waals surface area contributed by atoms with Crippen molar-refractivity contribution in [3.8, 4) is 0 Å². The average molecular weight is 331 g/mol. The van der Waals surface area contributed by atoms with Crippen LogP contribution in [0.15, 0.2) is 36.5 Å². The number of carbonyl (C=O) groups excluding carboxylic acids is 1. The van der Waals surface area contributed by atoms with Crippen LogP contribution in [0.1, 0.15) is 32.0 Å². The van der Waals surface area contributed by atoms with Crippen LogP contribution < -0.4 is 10.6 Å². The summed E-state index contributed by atoms with van der Waals surface area (Å²) >= 11 is 0. The number of halogens is 1. The first-order valence-corrected chi connectivity index (χ1v) is 7.68. The van der Waals surface area contributed by atoms with Gasteiger partial charge < -0.3 is 10.1 Å². The largest absolute Gasteiger partial charge is 0.444 e. The van der Waals surface area contributed by atoms with Crippen LogP contribution in [0.5, 0.6) is 0 Å². The standard InChI is InChI=1S/C18H22FN3O2/c1-12-5-7-14(20-10-12)11-21-16-9-13(19)6-8-15(16)22-17(23)24-18(2,3)4/h5-10,21H,11H2,1-4H3,(H,22,23). The molecule has 0 spiro atoms. The number of pyridine rings is 1. The first-order valence-electron chi connectivity index (χ1n) is 7.68. The third-order valence-electron chi connectivity index (χ3n) is 3.05. The van der Waals surface area contributed by atoms with E-state index in [0.29, 0.717) is 17.9 Å². The van der Waals surface area contributed by atoms with Crippen molar-refractivity contribution in [3.05, 3.63) is 53.6 Å². The predicted octanol–water partition coefficient (Wildman–Crippen LogP) is 4.49. The van der Waals surface area contributed by atoms with E-state index in [2.05, 4.69) is 15.6 Å². The maximum absolute atomic E-state index is 13.5. The van der Waals surface area contributed by atoms with Gasteiger partial charge in [0.05, 0.1) is 23.6 Å². The summed E-state index contributed by atoms with van der Waals surface area (Å²) in [4.78, 5) is 16.2. The Hall–Kier alpha value is -2.63. The molecule has 0 aliphatic carbocycles. The number of carbonyl (C=O) groups is 1. The molecule has 0 aliphatic heterocycles. The molecule has 0 saturated heterocycles. The quantitative estimate of drug-likeness (QED) is 0.866. The van der Waals surface area contributed by atoms with E-state index in [0.717, 1.165) is 11.3 Å². The Morgan fingerprint density at radius 3 is 2.58 bits per heavy atom. The monoisotopic (exact) mass is 331 g/mol. The molecule has 2 aromatic rings. The number of amides is 1. The molecule has 5 nitrogen and oxygen atoms in total. The van der Waals surface area contributed by atoms with Crippen molar-refractivity contribution in [2.75, 3.05) is 10.6 Å².